The fourth-order valence-corrected chi connectivity index (χ4v) is 1.99. The van der Waals surface area contributed by atoms with Crippen molar-refractivity contribution >= 4 is 17.7 Å². The van der Waals surface area contributed by atoms with Gasteiger partial charge in [-0.2, -0.15) is 0 Å². The summed E-state index contributed by atoms with van der Waals surface area (Å²) in [6.45, 7) is 10.00. The molecule has 26 heavy (non-hydrogen) atoms. The third kappa shape index (κ3) is 4.33. The molecule has 0 unspecified atom stereocenters. The molecule has 0 atom stereocenters. The number of ether oxygens (including phenoxy) is 2. The highest BCUT2D eigenvalue weighted by molar-refractivity contribution is 6.11. The lowest BCUT2D eigenvalue weighted by Gasteiger charge is -2.14. The number of ketones is 1. The summed E-state index contributed by atoms with van der Waals surface area (Å²) in [5.41, 5.74) is 0.812. The summed E-state index contributed by atoms with van der Waals surface area (Å²) in [4.78, 5) is 36.7. The Bertz CT molecular complexity index is 894. The van der Waals surface area contributed by atoms with Crippen molar-refractivity contribution < 1.29 is 23.9 Å². The highest BCUT2D eigenvalue weighted by Gasteiger charge is 2.23. The Labute approximate surface area is 151 Å². The first kappa shape index (κ1) is 18.9. The number of para-hydroxylation sites is 1. The SMILES string of the molecule is C=C(C)C(=O)Oc1cccc(C(=O)c2ccccc2)c1OC(=O)C(=C)C. The van der Waals surface area contributed by atoms with Gasteiger partial charge in [0.1, 0.15) is 0 Å². The van der Waals surface area contributed by atoms with E-state index in [0.717, 1.165) is 0 Å². The third-order valence-corrected chi connectivity index (χ3v) is 3.35. The first-order valence-electron chi connectivity index (χ1n) is 7.79. The van der Waals surface area contributed by atoms with Crippen LogP contribution in [-0.2, 0) is 9.59 Å². The molecule has 5 nitrogen and oxygen atoms in total. The average molecular weight is 350 g/mol. The number of carbonyl (C=O) groups excluding carboxylic acids is 3. The van der Waals surface area contributed by atoms with Crippen molar-refractivity contribution in [3.63, 3.8) is 0 Å². The third-order valence-electron chi connectivity index (χ3n) is 3.35. The van der Waals surface area contributed by atoms with Gasteiger partial charge >= 0.3 is 11.9 Å². The molecule has 0 spiro atoms. The zero-order valence-electron chi connectivity index (χ0n) is 14.6. The molecule has 0 saturated heterocycles. The second kappa shape index (κ2) is 8.07. The maximum absolute atomic E-state index is 12.8. The molecule has 0 N–H and O–H groups in total. The summed E-state index contributed by atoms with van der Waals surface area (Å²) >= 11 is 0. The first-order chi connectivity index (χ1) is 12.3. The largest absolute Gasteiger partial charge is 0.419 e. The number of rotatable bonds is 6. The number of carbonyl (C=O) groups is 3. The Balaban J connectivity index is 2.54. The van der Waals surface area contributed by atoms with Crippen LogP contribution in [-0.4, -0.2) is 17.7 Å². The van der Waals surface area contributed by atoms with Gasteiger partial charge in [0.05, 0.1) is 5.56 Å². The molecule has 0 saturated carbocycles. The molecule has 0 radical (unpaired) electrons. The van der Waals surface area contributed by atoms with Crippen LogP contribution in [0.15, 0.2) is 72.8 Å². The van der Waals surface area contributed by atoms with Crippen LogP contribution in [0.2, 0.25) is 0 Å². The van der Waals surface area contributed by atoms with Gasteiger partial charge in [0.25, 0.3) is 0 Å². The van der Waals surface area contributed by atoms with Crippen LogP contribution in [0.25, 0.3) is 0 Å². The highest BCUT2D eigenvalue weighted by Crippen LogP contribution is 2.34. The number of esters is 2. The van der Waals surface area contributed by atoms with Gasteiger partial charge in [0.2, 0.25) is 0 Å². The molecule has 0 aromatic heterocycles. The fraction of sp³-hybridized carbons (Fsp3) is 0.0952. The molecule has 5 heteroatoms. The molecule has 0 amide bonds. The normalized spacial score (nSPS) is 9.92. The van der Waals surface area contributed by atoms with Gasteiger partial charge < -0.3 is 9.47 Å². The highest BCUT2D eigenvalue weighted by atomic mass is 16.6. The topological polar surface area (TPSA) is 69.7 Å². The average Bonchev–Trinajstić information content (AvgIpc) is 2.62. The summed E-state index contributed by atoms with van der Waals surface area (Å²) < 4.78 is 10.5. The lowest BCUT2D eigenvalue weighted by atomic mass is 10.0. The summed E-state index contributed by atoms with van der Waals surface area (Å²) in [6.07, 6.45) is 0. The smallest absolute Gasteiger partial charge is 0.338 e. The maximum atomic E-state index is 12.8. The number of hydrogen-bond donors (Lipinski definition) is 0. The van der Waals surface area contributed by atoms with Crippen LogP contribution < -0.4 is 9.47 Å². The van der Waals surface area contributed by atoms with E-state index in [2.05, 4.69) is 13.2 Å². The summed E-state index contributed by atoms with van der Waals surface area (Å²) in [7, 11) is 0. The number of benzene rings is 2. The molecule has 0 aliphatic heterocycles. The van der Waals surface area contributed by atoms with Gasteiger partial charge in [-0.1, -0.05) is 49.6 Å². The molecular formula is C21H18O5. The van der Waals surface area contributed by atoms with Crippen LogP contribution in [0.4, 0.5) is 0 Å². The van der Waals surface area contributed by atoms with E-state index >= 15 is 0 Å². The van der Waals surface area contributed by atoms with Gasteiger partial charge in [0, 0.05) is 16.7 Å². The molecule has 132 valence electrons. The molecule has 0 fully saturated rings. The van der Waals surface area contributed by atoms with Crippen LogP contribution in [0.3, 0.4) is 0 Å². The first-order valence-corrected chi connectivity index (χ1v) is 7.79. The van der Waals surface area contributed by atoms with E-state index in [-0.39, 0.29) is 34.0 Å². The van der Waals surface area contributed by atoms with E-state index < -0.39 is 11.9 Å². The molecule has 2 aromatic carbocycles. The minimum Gasteiger partial charge on any atom is -0.419 e. The van der Waals surface area contributed by atoms with Crippen molar-refractivity contribution in [1.82, 2.24) is 0 Å². The minimum absolute atomic E-state index is 0.0469. The Morgan fingerprint density at radius 1 is 0.769 bits per heavy atom. The monoisotopic (exact) mass is 350 g/mol. The molecular weight excluding hydrogens is 332 g/mol. The van der Waals surface area contributed by atoms with E-state index in [4.69, 9.17) is 9.47 Å². The predicted octanol–water partition coefficient (Wildman–Crippen LogP) is 3.88. The van der Waals surface area contributed by atoms with Gasteiger partial charge in [-0.25, -0.2) is 9.59 Å². The Kier molecular flexibility index (Phi) is 5.86. The van der Waals surface area contributed by atoms with Gasteiger partial charge in [-0.3, -0.25) is 4.79 Å². The van der Waals surface area contributed by atoms with Crippen LogP contribution >= 0.6 is 0 Å². The van der Waals surface area contributed by atoms with Crippen LogP contribution in [0.5, 0.6) is 11.5 Å². The molecule has 0 aliphatic carbocycles. The molecule has 0 heterocycles. The molecule has 2 rings (SSSR count). The van der Waals surface area contributed by atoms with E-state index in [1.165, 1.54) is 32.0 Å². The maximum Gasteiger partial charge on any atom is 0.338 e. The van der Waals surface area contributed by atoms with E-state index in [9.17, 15) is 14.4 Å². The van der Waals surface area contributed by atoms with Gasteiger partial charge in [0.15, 0.2) is 17.3 Å². The van der Waals surface area contributed by atoms with E-state index in [0.29, 0.717) is 5.56 Å². The molecule has 0 aliphatic rings. The second-order valence-corrected chi connectivity index (χ2v) is 5.67. The van der Waals surface area contributed by atoms with Crippen molar-refractivity contribution in [1.29, 1.82) is 0 Å². The molecule has 2 aromatic rings. The summed E-state index contributed by atoms with van der Waals surface area (Å²) in [5, 5.41) is 0. The lowest BCUT2D eigenvalue weighted by molar-refractivity contribution is -0.132. The van der Waals surface area contributed by atoms with Crippen LogP contribution in [0, 0.1) is 0 Å². The molecule has 0 bridgehead atoms. The van der Waals surface area contributed by atoms with Crippen molar-refractivity contribution in [2.24, 2.45) is 0 Å². The van der Waals surface area contributed by atoms with E-state index in [1.54, 1.807) is 30.3 Å². The van der Waals surface area contributed by atoms with E-state index in [1.807, 2.05) is 0 Å². The summed E-state index contributed by atoms with van der Waals surface area (Å²) in [5.74, 6) is -1.98. The lowest BCUT2D eigenvalue weighted by Crippen LogP contribution is -2.15. The van der Waals surface area contributed by atoms with Crippen molar-refractivity contribution in [2.45, 2.75) is 13.8 Å². The second-order valence-electron chi connectivity index (χ2n) is 5.67. The van der Waals surface area contributed by atoms with Crippen LogP contribution in [0.1, 0.15) is 29.8 Å². The Morgan fingerprint density at radius 3 is 1.92 bits per heavy atom. The minimum atomic E-state index is -0.731. The van der Waals surface area contributed by atoms with Crippen molar-refractivity contribution in [3.8, 4) is 11.5 Å². The van der Waals surface area contributed by atoms with Gasteiger partial charge in [-0.05, 0) is 26.0 Å². The summed E-state index contributed by atoms with van der Waals surface area (Å²) in [6, 6.07) is 13.0. The zero-order valence-corrected chi connectivity index (χ0v) is 14.6. The van der Waals surface area contributed by atoms with Gasteiger partial charge in [-0.15, -0.1) is 0 Å². The zero-order chi connectivity index (χ0) is 19.3. The Hall–Kier alpha value is -3.47. The van der Waals surface area contributed by atoms with Crippen molar-refractivity contribution in [2.75, 3.05) is 0 Å². The number of hydrogen-bond acceptors (Lipinski definition) is 5. The fourth-order valence-electron chi connectivity index (χ4n) is 1.99. The van der Waals surface area contributed by atoms with Crippen molar-refractivity contribution in [3.05, 3.63) is 84.0 Å². The standard InChI is InChI=1S/C21H18O5/c1-13(2)20(23)25-17-12-8-11-16(19(17)26-21(24)14(3)4)18(22)15-9-6-5-7-10-15/h5-12H,1,3H2,2,4H3. The Morgan fingerprint density at radius 2 is 1.35 bits per heavy atom. The quantitative estimate of drug-likeness (QED) is 0.342. The predicted molar refractivity (Wildman–Crippen MR) is 97.2 cm³/mol.